The monoisotopic (exact) mass is 403 g/mol. The molecule has 1 aromatic carbocycles. The highest BCUT2D eigenvalue weighted by molar-refractivity contribution is 7.14. The Morgan fingerprint density at radius 1 is 1.36 bits per heavy atom. The summed E-state index contributed by atoms with van der Waals surface area (Å²) in [6.45, 7) is 6.05. The number of nitrogens with one attached hydrogen (secondary N) is 1. The van der Waals surface area contributed by atoms with Crippen molar-refractivity contribution in [2.45, 2.75) is 46.0 Å². The van der Waals surface area contributed by atoms with E-state index < -0.39 is 10.8 Å². The summed E-state index contributed by atoms with van der Waals surface area (Å²) in [7, 11) is 0. The zero-order valence-electron chi connectivity index (χ0n) is 16.3. The average Bonchev–Trinajstić information content (AvgIpc) is 3.10. The maximum absolute atomic E-state index is 11.8. The molecule has 150 valence electrons. The Bertz CT molecular complexity index is 830. The highest BCUT2D eigenvalue weighted by Gasteiger charge is 2.16. The summed E-state index contributed by atoms with van der Waals surface area (Å²) in [6.07, 6.45) is 4.25. The molecule has 2 aromatic rings. The number of nitro groups is 1. The molecule has 1 aromatic heterocycles. The maximum Gasteiger partial charge on any atom is 0.283 e. The summed E-state index contributed by atoms with van der Waals surface area (Å²) in [6, 6.07) is 9.20. The smallest absolute Gasteiger partial charge is 0.283 e. The quantitative estimate of drug-likeness (QED) is 0.355. The van der Waals surface area contributed by atoms with Gasteiger partial charge in [0.2, 0.25) is 0 Å². The van der Waals surface area contributed by atoms with Crippen molar-refractivity contribution < 1.29 is 14.5 Å². The van der Waals surface area contributed by atoms with E-state index in [4.69, 9.17) is 4.74 Å². The van der Waals surface area contributed by atoms with E-state index in [9.17, 15) is 14.9 Å². The van der Waals surface area contributed by atoms with Crippen LogP contribution in [0.15, 0.2) is 35.4 Å². The Balaban J connectivity index is 1.83. The summed E-state index contributed by atoms with van der Waals surface area (Å²) >= 11 is 1.28. The minimum atomic E-state index is -0.409. The SMILES string of the molecule is CCCC(C)c1ccc(OCC(=O)N/N=C/c2cc([N+](=O)[O-])c(CC)s2)cc1. The molecule has 1 atom stereocenters. The van der Waals surface area contributed by atoms with Gasteiger partial charge >= 0.3 is 0 Å². The number of benzene rings is 1. The van der Waals surface area contributed by atoms with E-state index in [0.29, 0.717) is 27.8 Å². The molecule has 1 amide bonds. The number of rotatable bonds is 10. The number of nitrogens with zero attached hydrogens (tertiary/aromatic N) is 2. The first-order valence-electron chi connectivity index (χ1n) is 9.26. The van der Waals surface area contributed by atoms with Crippen molar-refractivity contribution in [2.24, 2.45) is 5.10 Å². The van der Waals surface area contributed by atoms with Gasteiger partial charge in [0.15, 0.2) is 6.61 Å². The van der Waals surface area contributed by atoms with E-state index in [1.54, 1.807) is 0 Å². The van der Waals surface area contributed by atoms with E-state index in [1.807, 2.05) is 31.2 Å². The van der Waals surface area contributed by atoms with Crippen molar-refractivity contribution in [1.29, 1.82) is 0 Å². The number of carbonyl (C=O) groups is 1. The Hall–Kier alpha value is -2.74. The predicted octanol–water partition coefficient (Wildman–Crippen LogP) is 4.65. The van der Waals surface area contributed by atoms with Gasteiger partial charge in [-0.15, -0.1) is 11.3 Å². The van der Waals surface area contributed by atoms with Crippen LogP contribution in [0.2, 0.25) is 0 Å². The Labute approximate surface area is 168 Å². The summed E-state index contributed by atoms with van der Waals surface area (Å²) < 4.78 is 5.46. The van der Waals surface area contributed by atoms with Crippen molar-refractivity contribution in [2.75, 3.05) is 6.61 Å². The lowest BCUT2D eigenvalue weighted by molar-refractivity contribution is -0.385. The standard InChI is InChI=1S/C20H25N3O4S/c1-4-6-14(3)15-7-9-16(10-8-15)27-13-20(24)22-21-12-17-11-18(23(25)26)19(5-2)28-17/h7-12,14H,4-6,13H2,1-3H3,(H,22,24)/b21-12+. The average molecular weight is 404 g/mol. The summed E-state index contributed by atoms with van der Waals surface area (Å²) in [5.74, 6) is 0.715. The Morgan fingerprint density at radius 2 is 2.07 bits per heavy atom. The van der Waals surface area contributed by atoms with Crippen molar-refractivity contribution in [1.82, 2.24) is 5.43 Å². The number of hydrazone groups is 1. The number of ether oxygens (including phenoxy) is 1. The van der Waals surface area contributed by atoms with Crippen LogP contribution in [0.3, 0.4) is 0 Å². The second kappa shape index (κ2) is 10.6. The van der Waals surface area contributed by atoms with E-state index in [1.165, 1.54) is 29.2 Å². The number of hydrogen-bond acceptors (Lipinski definition) is 6. The van der Waals surface area contributed by atoms with Gasteiger partial charge < -0.3 is 4.74 Å². The number of carbonyl (C=O) groups excluding carboxylic acids is 1. The van der Waals surface area contributed by atoms with Crippen molar-refractivity contribution in [3.8, 4) is 5.75 Å². The molecule has 0 fully saturated rings. The first kappa shape index (κ1) is 21.6. The maximum atomic E-state index is 11.8. The van der Waals surface area contributed by atoms with Gasteiger partial charge in [-0.25, -0.2) is 5.43 Å². The lowest BCUT2D eigenvalue weighted by atomic mass is 9.97. The van der Waals surface area contributed by atoms with Crippen LogP contribution in [0.25, 0.3) is 0 Å². The van der Waals surface area contributed by atoms with Gasteiger partial charge in [-0.05, 0) is 36.5 Å². The fourth-order valence-electron chi connectivity index (χ4n) is 2.75. The lowest BCUT2D eigenvalue weighted by Gasteiger charge is -2.11. The Morgan fingerprint density at radius 3 is 2.64 bits per heavy atom. The van der Waals surface area contributed by atoms with Crippen LogP contribution in [0.4, 0.5) is 5.69 Å². The van der Waals surface area contributed by atoms with Crippen LogP contribution < -0.4 is 10.2 Å². The van der Waals surface area contributed by atoms with Gasteiger partial charge in [0.1, 0.15) is 5.75 Å². The van der Waals surface area contributed by atoms with Gasteiger partial charge in [0, 0.05) is 6.07 Å². The van der Waals surface area contributed by atoms with Crippen LogP contribution >= 0.6 is 11.3 Å². The molecule has 28 heavy (non-hydrogen) atoms. The fraction of sp³-hybridized carbons (Fsp3) is 0.400. The first-order chi connectivity index (χ1) is 13.4. The van der Waals surface area contributed by atoms with Gasteiger partial charge in [-0.2, -0.15) is 5.10 Å². The molecule has 0 aliphatic carbocycles. The molecular weight excluding hydrogens is 378 g/mol. The van der Waals surface area contributed by atoms with E-state index in [-0.39, 0.29) is 12.3 Å². The number of aryl methyl sites for hydroxylation is 1. The molecule has 0 saturated carbocycles. The number of thiophene rings is 1. The van der Waals surface area contributed by atoms with E-state index in [2.05, 4.69) is 24.4 Å². The number of hydrogen-bond donors (Lipinski definition) is 1. The topological polar surface area (TPSA) is 93.8 Å². The van der Waals surface area contributed by atoms with E-state index >= 15 is 0 Å². The van der Waals surface area contributed by atoms with Gasteiger partial charge in [-0.3, -0.25) is 14.9 Å². The molecule has 2 rings (SSSR count). The second-order valence-electron chi connectivity index (χ2n) is 6.41. The molecule has 1 N–H and O–H groups in total. The Kier molecular flexibility index (Phi) is 8.13. The van der Waals surface area contributed by atoms with Crippen LogP contribution in [-0.4, -0.2) is 23.7 Å². The molecule has 1 heterocycles. The molecule has 7 nitrogen and oxygen atoms in total. The summed E-state index contributed by atoms with van der Waals surface area (Å²) in [5, 5.41) is 14.8. The minimum Gasteiger partial charge on any atom is -0.484 e. The van der Waals surface area contributed by atoms with Gasteiger partial charge in [0.05, 0.1) is 20.9 Å². The van der Waals surface area contributed by atoms with Crippen LogP contribution in [-0.2, 0) is 11.2 Å². The van der Waals surface area contributed by atoms with Gasteiger partial charge in [0.25, 0.3) is 11.6 Å². The highest BCUT2D eigenvalue weighted by Crippen LogP contribution is 2.28. The van der Waals surface area contributed by atoms with Crippen molar-refractivity contribution >= 4 is 29.1 Å². The van der Waals surface area contributed by atoms with Crippen molar-refractivity contribution in [3.63, 3.8) is 0 Å². The molecule has 0 aliphatic heterocycles. The van der Waals surface area contributed by atoms with Crippen molar-refractivity contribution in [3.05, 3.63) is 55.8 Å². The van der Waals surface area contributed by atoms with Crippen LogP contribution in [0.1, 0.15) is 54.8 Å². The number of amides is 1. The lowest BCUT2D eigenvalue weighted by Crippen LogP contribution is -2.24. The fourth-order valence-corrected chi connectivity index (χ4v) is 3.69. The molecule has 0 radical (unpaired) electrons. The van der Waals surface area contributed by atoms with Crippen LogP contribution in [0.5, 0.6) is 5.75 Å². The third kappa shape index (κ3) is 6.16. The molecule has 0 spiro atoms. The molecular formula is C20H25N3O4S. The van der Waals surface area contributed by atoms with Crippen LogP contribution in [0, 0.1) is 10.1 Å². The second-order valence-corrected chi connectivity index (χ2v) is 7.58. The third-order valence-electron chi connectivity index (χ3n) is 4.25. The summed E-state index contributed by atoms with van der Waals surface area (Å²) in [4.78, 5) is 23.7. The molecule has 8 heteroatoms. The zero-order valence-corrected chi connectivity index (χ0v) is 17.1. The normalized spacial score (nSPS) is 12.1. The zero-order chi connectivity index (χ0) is 20.5. The third-order valence-corrected chi connectivity index (χ3v) is 5.45. The van der Waals surface area contributed by atoms with Gasteiger partial charge in [-0.1, -0.05) is 39.3 Å². The largest absolute Gasteiger partial charge is 0.484 e. The highest BCUT2D eigenvalue weighted by atomic mass is 32.1. The predicted molar refractivity (Wildman–Crippen MR) is 111 cm³/mol. The molecule has 0 saturated heterocycles. The van der Waals surface area contributed by atoms with E-state index in [0.717, 1.165) is 12.8 Å². The minimum absolute atomic E-state index is 0.0836. The summed E-state index contributed by atoms with van der Waals surface area (Å²) in [5.41, 5.74) is 3.70. The first-order valence-corrected chi connectivity index (χ1v) is 10.1. The molecule has 1 unspecified atom stereocenters. The molecule has 0 bridgehead atoms. The molecule has 0 aliphatic rings.